The first-order valence-corrected chi connectivity index (χ1v) is 9.63. The van der Waals surface area contributed by atoms with E-state index in [9.17, 15) is 24.3 Å². The standard InChI is InChI=1S/C22H26O9/c1-11-7-6-8-15(22(27)28-5)18(29-14(4)24)19(31-20(25)12(2)10-23)17-13(3)21(26)30-16(17)9-11/h8-9,16-19,23H,2-3,6-7,10H2,1,4-5H3/b11-9+,15-8+/t16-,17+,18?,19+/m1/s1. The summed E-state index contributed by atoms with van der Waals surface area (Å²) < 4.78 is 21.2. The van der Waals surface area contributed by atoms with Crippen molar-refractivity contribution in [3.63, 3.8) is 0 Å². The van der Waals surface area contributed by atoms with Gasteiger partial charge in [-0.1, -0.05) is 24.8 Å². The number of aliphatic hydroxyl groups excluding tert-OH is 1. The maximum atomic E-state index is 12.5. The van der Waals surface area contributed by atoms with Crippen molar-refractivity contribution in [3.8, 4) is 0 Å². The van der Waals surface area contributed by atoms with E-state index in [0.717, 1.165) is 19.6 Å². The van der Waals surface area contributed by atoms with Crippen LogP contribution >= 0.6 is 0 Å². The summed E-state index contributed by atoms with van der Waals surface area (Å²) in [7, 11) is 1.16. The lowest BCUT2D eigenvalue weighted by molar-refractivity contribution is -0.167. The van der Waals surface area contributed by atoms with Crippen LogP contribution in [0.25, 0.3) is 0 Å². The Morgan fingerprint density at radius 1 is 1.29 bits per heavy atom. The summed E-state index contributed by atoms with van der Waals surface area (Å²) in [5.74, 6) is -4.20. The highest BCUT2D eigenvalue weighted by Gasteiger charge is 2.50. The normalized spacial score (nSPS) is 29.3. The van der Waals surface area contributed by atoms with E-state index in [-0.39, 0.29) is 16.7 Å². The molecule has 168 valence electrons. The van der Waals surface area contributed by atoms with Crippen molar-refractivity contribution < 1.29 is 43.2 Å². The zero-order valence-electron chi connectivity index (χ0n) is 17.7. The first kappa shape index (κ1) is 24.1. The molecule has 0 amide bonds. The quantitative estimate of drug-likeness (QED) is 0.295. The second-order valence-electron chi connectivity index (χ2n) is 7.29. The van der Waals surface area contributed by atoms with Crippen LogP contribution < -0.4 is 0 Å². The summed E-state index contributed by atoms with van der Waals surface area (Å²) in [5, 5.41) is 9.25. The summed E-state index contributed by atoms with van der Waals surface area (Å²) >= 11 is 0. The number of hydrogen-bond acceptors (Lipinski definition) is 9. The number of hydrogen-bond donors (Lipinski definition) is 1. The number of aliphatic hydroxyl groups is 1. The molecule has 1 heterocycles. The summed E-state index contributed by atoms with van der Waals surface area (Å²) in [5.41, 5.74) is 0.546. The van der Waals surface area contributed by atoms with Crippen LogP contribution in [0.3, 0.4) is 0 Å². The van der Waals surface area contributed by atoms with Crippen LogP contribution in [0.5, 0.6) is 0 Å². The van der Waals surface area contributed by atoms with Gasteiger partial charge in [0.25, 0.3) is 0 Å². The Kier molecular flexibility index (Phi) is 7.93. The lowest BCUT2D eigenvalue weighted by Crippen LogP contribution is -2.46. The number of esters is 4. The van der Waals surface area contributed by atoms with Gasteiger partial charge in [0.2, 0.25) is 0 Å². The van der Waals surface area contributed by atoms with E-state index in [4.69, 9.17) is 18.9 Å². The molecule has 9 heteroatoms. The van der Waals surface area contributed by atoms with E-state index in [1.807, 2.05) is 6.92 Å². The highest BCUT2D eigenvalue weighted by molar-refractivity contribution is 5.93. The largest absolute Gasteiger partial charge is 0.466 e. The minimum atomic E-state index is -1.41. The molecule has 0 aromatic heterocycles. The lowest BCUT2D eigenvalue weighted by atomic mass is 9.83. The molecular weight excluding hydrogens is 408 g/mol. The zero-order valence-corrected chi connectivity index (χ0v) is 17.7. The summed E-state index contributed by atoms with van der Waals surface area (Å²) in [6.07, 6.45) is 0.522. The van der Waals surface area contributed by atoms with E-state index in [0.29, 0.717) is 12.8 Å². The third-order valence-electron chi connectivity index (χ3n) is 5.01. The van der Waals surface area contributed by atoms with Gasteiger partial charge in [0.1, 0.15) is 6.10 Å². The van der Waals surface area contributed by atoms with Crippen LogP contribution in [0.4, 0.5) is 0 Å². The fraction of sp³-hybridized carbons (Fsp3) is 0.455. The molecule has 1 aliphatic carbocycles. The molecule has 31 heavy (non-hydrogen) atoms. The van der Waals surface area contributed by atoms with Gasteiger partial charge in [0.15, 0.2) is 12.2 Å². The van der Waals surface area contributed by atoms with Crippen LogP contribution in [0, 0.1) is 5.92 Å². The highest BCUT2D eigenvalue weighted by Crippen LogP contribution is 2.38. The van der Waals surface area contributed by atoms with E-state index in [1.54, 1.807) is 12.2 Å². The maximum Gasteiger partial charge on any atom is 0.337 e. The number of rotatable bonds is 5. The minimum Gasteiger partial charge on any atom is -0.466 e. The van der Waals surface area contributed by atoms with Crippen LogP contribution in [-0.2, 0) is 38.1 Å². The molecule has 2 rings (SSSR count). The van der Waals surface area contributed by atoms with Crippen molar-refractivity contribution in [1.29, 1.82) is 0 Å². The van der Waals surface area contributed by atoms with E-state index in [2.05, 4.69) is 13.2 Å². The summed E-state index contributed by atoms with van der Waals surface area (Å²) in [4.78, 5) is 49.2. The van der Waals surface area contributed by atoms with Crippen molar-refractivity contribution in [3.05, 3.63) is 47.6 Å². The molecule has 0 radical (unpaired) electrons. The SMILES string of the molecule is C=C(CO)C(=O)O[C@@H]1C(OC(C)=O)/C(C(=O)OC)=C\CC/C(C)=C/[C@H]2OC(=O)C(=C)[C@H]12. The monoisotopic (exact) mass is 434 g/mol. The number of methoxy groups -OCH3 is 1. The molecule has 9 nitrogen and oxygen atoms in total. The third-order valence-corrected chi connectivity index (χ3v) is 5.01. The molecule has 0 aromatic rings. The molecule has 2 aliphatic rings. The van der Waals surface area contributed by atoms with Gasteiger partial charge in [0.05, 0.1) is 30.8 Å². The van der Waals surface area contributed by atoms with Crippen LogP contribution in [0.15, 0.2) is 47.6 Å². The Morgan fingerprint density at radius 2 is 1.97 bits per heavy atom. The molecule has 1 unspecified atom stereocenters. The smallest absolute Gasteiger partial charge is 0.337 e. The van der Waals surface area contributed by atoms with Crippen LogP contribution in [-0.4, -0.2) is 61.0 Å². The number of carbonyl (C=O) groups excluding carboxylic acids is 4. The summed E-state index contributed by atoms with van der Waals surface area (Å²) in [6.45, 7) is 9.47. The highest BCUT2D eigenvalue weighted by atomic mass is 16.6. The van der Waals surface area contributed by atoms with E-state index >= 15 is 0 Å². The Hall–Kier alpha value is -3.20. The maximum absolute atomic E-state index is 12.5. The van der Waals surface area contributed by atoms with Crippen molar-refractivity contribution in [2.45, 2.75) is 45.0 Å². The van der Waals surface area contributed by atoms with Crippen LogP contribution in [0.2, 0.25) is 0 Å². The Bertz CT molecular complexity index is 864. The minimum absolute atomic E-state index is 0.0107. The Balaban J connectivity index is 2.69. The predicted molar refractivity (Wildman–Crippen MR) is 107 cm³/mol. The van der Waals surface area contributed by atoms with Crippen LogP contribution in [0.1, 0.15) is 26.7 Å². The molecule has 4 atom stereocenters. The molecule has 1 N–H and O–H groups in total. The second kappa shape index (κ2) is 10.2. The van der Waals surface area contributed by atoms with E-state index < -0.39 is 54.7 Å². The number of fused-ring (bicyclic) bond motifs is 1. The van der Waals surface area contributed by atoms with E-state index in [1.165, 1.54) is 0 Å². The predicted octanol–water partition coefficient (Wildman–Crippen LogP) is 1.32. The average Bonchev–Trinajstić information content (AvgIpc) is 2.99. The Labute approximate surface area is 180 Å². The summed E-state index contributed by atoms with van der Waals surface area (Å²) in [6, 6.07) is 0. The zero-order chi connectivity index (χ0) is 23.3. The average molecular weight is 434 g/mol. The fourth-order valence-electron chi connectivity index (χ4n) is 3.46. The molecule has 0 spiro atoms. The molecule has 1 fully saturated rings. The molecule has 1 saturated heterocycles. The van der Waals surface area contributed by atoms with Crippen molar-refractivity contribution >= 4 is 23.9 Å². The first-order chi connectivity index (χ1) is 14.6. The number of allylic oxidation sites excluding steroid dienone is 2. The van der Waals surface area contributed by atoms with Gasteiger partial charge in [0, 0.05) is 12.5 Å². The van der Waals surface area contributed by atoms with Crippen molar-refractivity contribution in [2.75, 3.05) is 13.7 Å². The third kappa shape index (κ3) is 5.49. The molecule has 0 aromatic carbocycles. The first-order valence-electron chi connectivity index (χ1n) is 9.63. The molecule has 1 aliphatic heterocycles. The van der Waals surface area contributed by atoms with Gasteiger partial charge in [-0.3, -0.25) is 4.79 Å². The van der Waals surface area contributed by atoms with Gasteiger partial charge in [-0.2, -0.15) is 0 Å². The van der Waals surface area contributed by atoms with Gasteiger partial charge in [-0.25, -0.2) is 14.4 Å². The number of carbonyl (C=O) groups is 4. The Morgan fingerprint density at radius 3 is 2.55 bits per heavy atom. The van der Waals surface area contributed by atoms with Gasteiger partial charge in [-0.05, 0) is 25.8 Å². The fourth-order valence-corrected chi connectivity index (χ4v) is 3.46. The number of ether oxygens (including phenoxy) is 4. The van der Waals surface area contributed by atoms with Crippen molar-refractivity contribution in [2.24, 2.45) is 5.92 Å². The molecule has 0 saturated carbocycles. The molecule has 0 bridgehead atoms. The van der Waals surface area contributed by atoms with Gasteiger partial charge < -0.3 is 24.1 Å². The van der Waals surface area contributed by atoms with Gasteiger partial charge in [-0.15, -0.1) is 0 Å². The lowest BCUT2D eigenvalue weighted by Gasteiger charge is -2.33. The van der Waals surface area contributed by atoms with Gasteiger partial charge >= 0.3 is 23.9 Å². The second-order valence-corrected chi connectivity index (χ2v) is 7.29. The van der Waals surface area contributed by atoms with Crippen molar-refractivity contribution in [1.82, 2.24) is 0 Å². The topological polar surface area (TPSA) is 125 Å². The molecular formula is C22H26O9.